The number of nitrogen functional groups attached to an aromatic ring is 1. The molecule has 2 heterocycles. The molecule has 0 aliphatic carbocycles. The summed E-state index contributed by atoms with van der Waals surface area (Å²) in [5.41, 5.74) is 12.3. The Kier molecular flexibility index (Phi) is 4.06. The maximum atomic E-state index is 11.8. The van der Waals surface area contributed by atoms with Gasteiger partial charge in [-0.1, -0.05) is 0 Å². The topological polar surface area (TPSA) is 125 Å². The van der Waals surface area contributed by atoms with Gasteiger partial charge in [-0.05, 0) is 20.8 Å². The van der Waals surface area contributed by atoms with Gasteiger partial charge in [0, 0.05) is 11.3 Å². The van der Waals surface area contributed by atoms with E-state index >= 15 is 0 Å². The number of amides is 1. The molecule has 0 aliphatic rings. The molecular weight excluding hydrogens is 290 g/mol. The molecule has 1 amide bonds. The Balaban J connectivity index is 2.46. The number of anilines is 2. The Labute approximate surface area is 127 Å². The highest BCUT2D eigenvalue weighted by atomic mass is 32.1. The van der Waals surface area contributed by atoms with Crippen LogP contribution in [-0.4, -0.2) is 37.2 Å². The van der Waals surface area contributed by atoms with E-state index in [1.54, 1.807) is 6.33 Å². The van der Waals surface area contributed by atoms with Crippen LogP contribution in [0.1, 0.15) is 20.8 Å². The van der Waals surface area contributed by atoms with Crippen molar-refractivity contribution in [1.82, 2.24) is 19.5 Å². The molecule has 0 saturated heterocycles. The highest BCUT2D eigenvalue weighted by Gasteiger charge is 2.21. The first-order valence-electron chi connectivity index (χ1n) is 6.42. The summed E-state index contributed by atoms with van der Waals surface area (Å²) in [7, 11) is 0. The van der Waals surface area contributed by atoms with Gasteiger partial charge >= 0.3 is 0 Å². The van der Waals surface area contributed by atoms with Gasteiger partial charge in [-0.25, -0.2) is 4.98 Å². The van der Waals surface area contributed by atoms with Crippen molar-refractivity contribution in [3.63, 3.8) is 0 Å². The average molecular weight is 309 g/mol. The monoisotopic (exact) mass is 309 g/mol. The van der Waals surface area contributed by atoms with E-state index < -0.39 is 11.9 Å². The number of nitrogens with zero attached hydrogens (tertiary/aromatic N) is 4. The molecule has 114 valence electrons. The minimum atomic E-state index is -0.735. The van der Waals surface area contributed by atoms with Crippen LogP contribution in [0.4, 0.5) is 11.8 Å². The number of hydrogen-bond donors (Lipinski definition) is 4. The lowest BCUT2D eigenvalue weighted by Gasteiger charge is -2.21. The van der Waals surface area contributed by atoms with Gasteiger partial charge in [0.05, 0.1) is 12.4 Å². The Bertz CT molecular complexity index is 676. The van der Waals surface area contributed by atoms with E-state index in [4.69, 9.17) is 11.5 Å². The van der Waals surface area contributed by atoms with Crippen molar-refractivity contribution < 1.29 is 4.79 Å². The van der Waals surface area contributed by atoms with Gasteiger partial charge < -0.3 is 16.0 Å². The Morgan fingerprint density at radius 3 is 2.71 bits per heavy atom. The molecule has 9 heteroatoms. The van der Waals surface area contributed by atoms with Crippen LogP contribution in [0.15, 0.2) is 6.33 Å². The summed E-state index contributed by atoms with van der Waals surface area (Å²) in [6.45, 7) is 6.05. The van der Waals surface area contributed by atoms with Crippen LogP contribution in [0.3, 0.4) is 0 Å². The highest BCUT2D eigenvalue weighted by Crippen LogP contribution is 2.24. The summed E-state index contributed by atoms with van der Waals surface area (Å²) >= 11 is 3.98. The van der Waals surface area contributed by atoms with Crippen molar-refractivity contribution in [3.05, 3.63) is 6.33 Å². The number of aromatic nitrogens is 4. The number of nitrogens with two attached hydrogens (primary N) is 2. The van der Waals surface area contributed by atoms with E-state index in [0.29, 0.717) is 11.2 Å². The zero-order chi connectivity index (χ0) is 15.8. The molecule has 0 spiro atoms. The molecule has 0 bridgehead atoms. The van der Waals surface area contributed by atoms with Crippen LogP contribution in [-0.2, 0) is 10.3 Å². The van der Waals surface area contributed by atoms with Gasteiger partial charge in [0.1, 0.15) is 5.52 Å². The first-order chi connectivity index (χ1) is 9.74. The lowest BCUT2D eigenvalue weighted by molar-refractivity contribution is -0.116. The van der Waals surface area contributed by atoms with Crippen LogP contribution in [0.25, 0.3) is 11.2 Å². The zero-order valence-corrected chi connectivity index (χ0v) is 13.1. The smallest absolute Gasteiger partial charge is 0.244 e. The minimum absolute atomic E-state index is 0.105. The van der Waals surface area contributed by atoms with E-state index in [2.05, 4.69) is 32.9 Å². The summed E-state index contributed by atoms with van der Waals surface area (Å²) in [6, 6.07) is -0.735. The van der Waals surface area contributed by atoms with Crippen molar-refractivity contribution in [3.8, 4) is 0 Å². The van der Waals surface area contributed by atoms with Crippen molar-refractivity contribution >= 4 is 41.5 Å². The van der Waals surface area contributed by atoms with Crippen LogP contribution >= 0.6 is 12.6 Å². The third kappa shape index (κ3) is 3.08. The number of thiol groups is 1. The number of fused-ring (bicyclic) bond motifs is 1. The predicted octanol–water partition coefficient (Wildman–Crippen LogP) is 0.359. The van der Waals surface area contributed by atoms with E-state index in [1.165, 1.54) is 0 Å². The fraction of sp³-hybridized carbons (Fsp3) is 0.500. The van der Waals surface area contributed by atoms with E-state index in [1.807, 2.05) is 25.3 Å². The van der Waals surface area contributed by atoms with Crippen molar-refractivity contribution in [2.75, 3.05) is 16.8 Å². The van der Waals surface area contributed by atoms with Crippen LogP contribution in [0, 0.1) is 0 Å². The van der Waals surface area contributed by atoms with Crippen LogP contribution < -0.4 is 16.8 Å². The number of carbonyl (C=O) groups excluding carboxylic acids is 1. The van der Waals surface area contributed by atoms with Gasteiger partial charge in [-0.2, -0.15) is 22.6 Å². The van der Waals surface area contributed by atoms with Crippen LogP contribution in [0.5, 0.6) is 0 Å². The van der Waals surface area contributed by atoms with Crippen LogP contribution in [0.2, 0.25) is 0 Å². The lowest BCUT2D eigenvalue weighted by Crippen LogP contribution is -2.37. The Morgan fingerprint density at radius 2 is 2.14 bits per heavy atom. The number of imidazole rings is 1. The second kappa shape index (κ2) is 5.49. The maximum absolute atomic E-state index is 11.8. The van der Waals surface area contributed by atoms with Gasteiger partial charge in [-0.15, -0.1) is 0 Å². The molecule has 0 saturated carbocycles. The number of nitrogens with one attached hydrogen (secondary N) is 1. The van der Waals surface area contributed by atoms with Crippen molar-refractivity contribution in [2.45, 2.75) is 32.4 Å². The Morgan fingerprint density at radius 1 is 1.48 bits per heavy atom. The SMILES string of the molecule is CC(C)(C)n1cnc2c(N)nc(NC(=O)C(N)CS)nc21. The maximum Gasteiger partial charge on any atom is 0.244 e. The molecule has 2 aromatic rings. The molecule has 5 N–H and O–H groups in total. The van der Waals surface area contributed by atoms with E-state index in [9.17, 15) is 4.79 Å². The summed E-state index contributed by atoms with van der Waals surface area (Å²) in [5, 5.41) is 2.54. The highest BCUT2D eigenvalue weighted by molar-refractivity contribution is 7.80. The summed E-state index contributed by atoms with van der Waals surface area (Å²) < 4.78 is 1.87. The van der Waals surface area contributed by atoms with Gasteiger partial charge in [-0.3, -0.25) is 10.1 Å². The molecule has 2 aromatic heterocycles. The molecule has 21 heavy (non-hydrogen) atoms. The molecule has 0 radical (unpaired) electrons. The number of hydrogen-bond acceptors (Lipinski definition) is 7. The third-order valence-electron chi connectivity index (χ3n) is 2.91. The van der Waals surface area contributed by atoms with Gasteiger partial charge in [0.25, 0.3) is 0 Å². The fourth-order valence-corrected chi connectivity index (χ4v) is 1.92. The number of rotatable bonds is 3. The van der Waals surface area contributed by atoms with Gasteiger partial charge in [0.15, 0.2) is 11.5 Å². The quantitative estimate of drug-likeness (QED) is 0.607. The normalized spacial score (nSPS) is 13.4. The molecule has 1 unspecified atom stereocenters. The molecule has 2 rings (SSSR count). The molecule has 0 aliphatic heterocycles. The van der Waals surface area contributed by atoms with Crippen molar-refractivity contribution in [1.29, 1.82) is 0 Å². The van der Waals surface area contributed by atoms with Crippen molar-refractivity contribution in [2.24, 2.45) is 5.73 Å². The fourth-order valence-electron chi connectivity index (χ4n) is 1.75. The first kappa shape index (κ1) is 15.5. The molecule has 0 fully saturated rings. The van der Waals surface area contributed by atoms with Gasteiger partial charge in [0.2, 0.25) is 11.9 Å². The Hall–Kier alpha value is -1.87. The summed E-state index contributed by atoms with van der Waals surface area (Å²) in [6.07, 6.45) is 1.65. The second-order valence-corrected chi connectivity index (χ2v) is 6.03. The second-order valence-electron chi connectivity index (χ2n) is 5.67. The third-order valence-corrected chi connectivity index (χ3v) is 3.31. The average Bonchev–Trinajstić information content (AvgIpc) is 2.81. The number of carbonyl (C=O) groups is 1. The zero-order valence-electron chi connectivity index (χ0n) is 12.2. The lowest BCUT2D eigenvalue weighted by atomic mass is 10.1. The molecular formula is C12H19N7OS. The first-order valence-corrected chi connectivity index (χ1v) is 7.05. The minimum Gasteiger partial charge on any atom is -0.382 e. The van der Waals surface area contributed by atoms with E-state index in [-0.39, 0.29) is 23.1 Å². The summed E-state index contributed by atoms with van der Waals surface area (Å²) in [5.74, 6) is 0.125. The molecule has 0 aromatic carbocycles. The standard InChI is InChI=1S/C12H19N7OS/c1-12(2,3)19-5-15-7-8(14)16-11(17-9(7)19)18-10(20)6(13)4-21/h5-6,21H,4,13H2,1-3H3,(H3,14,16,17,18,20). The predicted molar refractivity (Wildman–Crippen MR) is 85.2 cm³/mol. The molecule has 8 nitrogen and oxygen atoms in total. The molecule has 1 atom stereocenters. The summed E-state index contributed by atoms with van der Waals surface area (Å²) in [4.78, 5) is 24.4. The van der Waals surface area contributed by atoms with E-state index in [0.717, 1.165) is 0 Å². The largest absolute Gasteiger partial charge is 0.382 e.